The van der Waals surface area contributed by atoms with Gasteiger partial charge in [0.2, 0.25) is 0 Å². The standard InChI is InChI=1S/C13H9F3N2O3/c1-18-11(6-19)10(5-17-18)9-4-7(13(14,15)16)2-3-8(9)12(20)21/h2-6H,1H3,(H,20,21). The number of rotatable bonds is 3. The van der Waals surface area contributed by atoms with Gasteiger partial charge < -0.3 is 5.11 Å². The molecular weight excluding hydrogens is 289 g/mol. The summed E-state index contributed by atoms with van der Waals surface area (Å²) in [6.45, 7) is 0. The molecule has 0 unspecified atom stereocenters. The fourth-order valence-electron chi connectivity index (χ4n) is 1.92. The van der Waals surface area contributed by atoms with Gasteiger partial charge in [-0.1, -0.05) is 0 Å². The second-order valence-corrected chi connectivity index (χ2v) is 4.25. The lowest BCUT2D eigenvalue weighted by Crippen LogP contribution is -2.08. The first-order valence-electron chi connectivity index (χ1n) is 5.67. The highest BCUT2D eigenvalue weighted by Gasteiger charge is 2.32. The number of aldehydes is 1. The number of carboxylic acids is 1. The summed E-state index contributed by atoms with van der Waals surface area (Å²) in [6.07, 6.45) is -3.05. The van der Waals surface area contributed by atoms with Gasteiger partial charge in [0.25, 0.3) is 0 Å². The van der Waals surface area contributed by atoms with Crippen molar-refractivity contribution < 1.29 is 27.9 Å². The first-order chi connectivity index (χ1) is 9.75. The van der Waals surface area contributed by atoms with E-state index in [4.69, 9.17) is 5.11 Å². The highest BCUT2D eigenvalue weighted by molar-refractivity contribution is 5.98. The van der Waals surface area contributed by atoms with E-state index < -0.39 is 17.7 Å². The summed E-state index contributed by atoms with van der Waals surface area (Å²) in [6, 6.07) is 2.25. The summed E-state index contributed by atoms with van der Waals surface area (Å²) >= 11 is 0. The van der Waals surface area contributed by atoms with E-state index >= 15 is 0 Å². The van der Waals surface area contributed by atoms with Crippen LogP contribution in [0.4, 0.5) is 13.2 Å². The van der Waals surface area contributed by atoms with Crippen LogP contribution in [-0.2, 0) is 13.2 Å². The van der Waals surface area contributed by atoms with Crippen molar-refractivity contribution in [3.63, 3.8) is 0 Å². The van der Waals surface area contributed by atoms with Crippen LogP contribution in [0.3, 0.4) is 0 Å². The van der Waals surface area contributed by atoms with Gasteiger partial charge >= 0.3 is 12.1 Å². The van der Waals surface area contributed by atoms with Gasteiger partial charge in [0.05, 0.1) is 17.3 Å². The van der Waals surface area contributed by atoms with E-state index in [-0.39, 0.29) is 22.4 Å². The number of benzene rings is 1. The Kier molecular flexibility index (Phi) is 3.54. The van der Waals surface area contributed by atoms with E-state index in [1.54, 1.807) is 0 Å². The lowest BCUT2D eigenvalue weighted by molar-refractivity contribution is -0.137. The molecule has 0 bridgehead atoms. The summed E-state index contributed by atoms with van der Waals surface area (Å²) < 4.78 is 39.5. The maximum atomic E-state index is 12.8. The van der Waals surface area contributed by atoms with E-state index in [0.717, 1.165) is 16.9 Å². The smallest absolute Gasteiger partial charge is 0.416 e. The molecule has 1 aromatic carbocycles. The molecule has 1 N–H and O–H groups in total. The van der Waals surface area contributed by atoms with E-state index in [9.17, 15) is 22.8 Å². The van der Waals surface area contributed by atoms with Crippen LogP contribution < -0.4 is 0 Å². The second-order valence-electron chi connectivity index (χ2n) is 4.25. The van der Waals surface area contributed by atoms with Gasteiger partial charge in [-0.2, -0.15) is 18.3 Å². The lowest BCUT2D eigenvalue weighted by Gasteiger charge is -2.11. The Morgan fingerprint density at radius 3 is 2.52 bits per heavy atom. The van der Waals surface area contributed by atoms with Crippen LogP contribution in [0.5, 0.6) is 0 Å². The third-order valence-corrected chi connectivity index (χ3v) is 2.96. The molecule has 0 aliphatic carbocycles. The van der Waals surface area contributed by atoms with Crippen molar-refractivity contribution in [1.29, 1.82) is 0 Å². The summed E-state index contributed by atoms with van der Waals surface area (Å²) in [5.74, 6) is -1.39. The van der Waals surface area contributed by atoms with Crippen molar-refractivity contribution in [2.75, 3.05) is 0 Å². The third kappa shape index (κ3) is 2.64. The van der Waals surface area contributed by atoms with Crippen LogP contribution in [0, 0.1) is 0 Å². The molecule has 110 valence electrons. The number of alkyl halides is 3. The number of aromatic nitrogens is 2. The second kappa shape index (κ2) is 5.04. The average Bonchev–Trinajstić information content (AvgIpc) is 2.77. The van der Waals surface area contributed by atoms with Crippen LogP contribution in [0.25, 0.3) is 11.1 Å². The number of halogens is 3. The SMILES string of the molecule is Cn1ncc(-c2cc(C(F)(F)F)ccc2C(=O)O)c1C=O. The van der Waals surface area contributed by atoms with Gasteiger partial charge in [0.15, 0.2) is 6.29 Å². The normalized spacial score (nSPS) is 11.4. The Balaban J connectivity index is 2.75. The number of hydrogen-bond donors (Lipinski definition) is 1. The molecule has 0 amide bonds. The fraction of sp³-hybridized carbons (Fsp3) is 0.154. The van der Waals surface area contributed by atoms with Gasteiger partial charge in [-0.25, -0.2) is 4.79 Å². The first kappa shape index (κ1) is 14.8. The molecule has 0 radical (unpaired) electrons. The van der Waals surface area contributed by atoms with E-state index in [2.05, 4.69) is 5.10 Å². The Morgan fingerprint density at radius 1 is 1.33 bits per heavy atom. The topological polar surface area (TPSA) is 72.2 Å². The van der Waals surface area contributed by atoms with Gasteiger partial charge in [-0.05, 0) is 18.2 Å². The van der Waals surface area contributed by atoms with Crippen LogP contribution in [-0.4, -0.2) is 27.1 Å². The molecule has 0 fully saturated rings. The van der Waals surface area contributed by atoms with Crippen molar-refractivity contribution in [2.45, 2.75) is 6.18 Å². The predicted octanol–water partition coefficient (Wildman–Crippen LogP) is 2.62. The van der Waals surface area contributed by atoms with E-state index in [1.165, 1.54) is 7.05 Å². The van der Waals surface area contributed by atoms with Crippen molar-refractivity contribution in [2.24, 2.45) is 7.05 Å². The molecule has 0 aliphatic rings. The lowest BCUT2D eigenvalue weighted by atomic mass is 9.97. The summed E-state index contributed by atoms with van der Waals surface area (Å²) in [4.78, 5) is 22.2. The van der Waals surface area contributed by atoms with Crippen molar-refractivity contribution in [3.8, 4) is 11.1 Å². The highest BCUT2D eigenvalue weighted by Crippen LogP contribution is 2.34. The maximum Gasteiger partial charge on any atom is 0.416 e. The molecule has 5 nitrogen and oxygen atoms in total. The molecular formula is C13H9F3N2O3. The summed E-state index contributed by atoms with van der Waals surface area (Å²) in [7, 11) is 1.43. The molecule has 0 saturated carbocycles. The van der Waals surface area contributed by atoms with E-state index in [1.807, 2.05) is 0 Å². The Morgan fingerprint density at radius 2 is 2.00 bits per heavy atom. The largest absolute Gasteiger partial charge is 0.478 e. The van der Waals surface area contributed by atoms with Gasteiger partial charge in [0.1, 0.15) is 5.69 Å². The molecule has 1 aromatic heterocycles. The minimum absolute atomic E-state index is 0.00294. The van der Waals surface area contributed by atoms with Crippen LogP contribution in [0.1, 0.15) is 26.4 Å². The van der Waals surface area contributed by atoms with Crippen molar-refractivity contribution >= 4 is 12.3 Å². The zero-order valence-electron chi connectivity index (χ0n) is 10.7. The molecule has 21 heavy (non-hydrogen) atoms. The van der Waals surface area contributed by atoms with Crippen molar-refractivity contribution in [1.82, 2.24) is 9.78 Å². The van der Waals surface area contributed by atoms with Crippen LogP contribution in [0.15, 0.2) is 24.4 Å². The fourth-order valence-corrected chi connectivity index (χ4v) is 1.92. The molecule has 0 atom stereocenters. The number of carbonyl (C=O) groups is 2. The minimum atomic E-state index is -4.62. The summed E-state index contributed by atoms with van der Waals surface area (Å²) in [5.41, 5.74) is -1.50. The van der Waals surface area contributed by atoms with Gasteiger partial charge in [-0.3, -0.25) is 9.48 Å². The minimum Gasteiger partial charge on any atom is -0.478 e. The van der Waals surface area contributed by atoms with E-state index in [0.29, 0.717) is 18.4 Å². The van der Waals surface area contributed by atoms with Gasteiger partial charge in [0, 0.05) is 18.2 Å². The predicted molar refractivity (Wildman–Crippen MR) is 66.0 cm³/mol. The third-order valence-electron chi connectivity index (χ3n) is 2.96. The molecule has 8 heteroatoms. The number of carboxylic acid groups (broad SMARTS) is 1. The first-order valence-corrected chi connectivity index (χ1v) is 5.67. The molecule has 0 aliphatic heterocycles. The van der Waals surface area contributed by atoms with Crippen LogP contribution >= 0.6 is 0 Å². The average molecular weight is 298 g/mol. The quantitative estimate of drug-likeness (QED) is 0.884. The molecule has 2 aromatic rings. The van der Waals surface area contributed by atoms with Gasteiger partial charge in [-0.15, -0.1) is 0 Å². The number of aryl methyl sites for hydroxylation is 1. The Bertz CT molecular complexity index is 720. The molecule has 1 heterocycles. The molecule has 0 saturated heterocycles. The molecule has 2 rings (SSSR count). The number of hydrogen-bond acceptors (Lipinski definition) is 3. The zero-order chi connectivity index (χ0) is 15.8. The number of aromatic carboxylic acids is 1. The highest BCUT2D eigenvalue weighted by atomic mass is 19.4. The number of nitrogens with zero attached hydrogens (tertiary/aromatic N) is 2. The summed E-state index contributed by atoms with van der Waals surface area (Å²) in [5, 5.41) is 12.9. The van der Waals surface area contributed by atoms with Crippen molar-refractivity contribution in [3.05, 3.63) is 41.2 Å². The van der Waals surface area contributed by atoms with Crippen LogP contribution in [0.2, 0.25) is 0 Å². The Labute approximate surface area is 116 Å². The zero-order valence-corrected chi connectivity index (χ0v) is 10.7. The maximum absolute atomic E-state index is 12.8. The number of carbonyl (C=O) groups excluding carboxylic acids is 1. The molecule has 0 spiro atoms. The monoisotopic (exact) mass is 298 g/mol. The Hall–Kier alpha value is -2.64.